The van der Waals surface area contributed by atoms with Crippen LogP contribution in [0.2, 0.25) is 0 Å². The Labute approximate surface area is 134 Å². The average molecular weight is 315 g/mol. The van der Waals surface area contributed by atoms with E-state index in [1.54, 1.807) is 7.11 Å². The van der Waals surface area contributed by atoms with Crippen molar-refractivity contribution in [2.24, 2.45) is 0 Å². The third-order valence-electron chi connectivity index (χ3n) is 3.69. The molecule has 1 unspecified atom stereocenters. The van der Waals surface area contributed by atoms with Crippen molar-refractivity contribution in [2.75, 3.05) is 51.8 Å². The molecule has 0 amide bonds. The summed E-state index contributed by atoms with van der Waals surface area (Å²) in [6.45, 7) is 8.10. The predicted octanol–water partition coefficient (Wildman–Crippen LogP) is 1.38. The van der Waals surface area contributed by atoms with Gasteiger partial charge in [-0.05, 0) is 18.6 Å². The standard InChI is InChI=1S/C15H26N4O.ClH/c1-13-11-19(7-6-16-13)12-14-4-5-15(17-10-14)18(2)8-9-20-3;/h4-5,10,13,16H,6-9,11-12H2,1-3H3;1H. The summed E-state index contributed by atoms with van der Waals surface area (Å²) in [5.74, 6) is 1.000. The molecular formula is C15H27ClN4O. The molecule has 1 aromatic rings. The van der Waals surface area contributed by atoms with Gasteiger partial charge in [0.1, 0.15) is 5.82 Å². The van der Waals surface area contributed by atoms with Crippen molar-refractivity contribution in [1.82, 2.24) is 15.2 Å². The number of nitrogens with one attached hydrogen (secondary N) is 1. The van der Waals surface area contributed by atoms with Gasteiger partial charge in [-0.1, -0.05) is 6.07 Å². The summed E-state index contributed by atoms with van der Waals surface area (Å²) in [5.41, 5.74) is 1.28. The van der Waals surface area contributed by atoms with Crippen LogP contribution in [0.25, 0.3) is 0 Å². The van der Waals surface area contributed by atoms with Crippen molar-refractivity contribution in [1.29, 1.82) is 0 Å². The lowest BCUT2D eigenvalue weighted by Gasteiger charge is -2.31. The van der Waals surface area contributed by atoms with E-state index < -0.39 is 0 Å². The largest absolute Gasteiger partial charge is 0.383 e. The highest BCUT2D eigenvalue weighted by Gasteiger charge is 2.15. The molecule has 120 valence electrons. The number of piperazine rings is 1. The monoisotopic (exact) mass is 314 g/mol. The molecule has 6 heteroatoms. The smallest absolute Gasteiger partial charge is 0.128 e. The minimum absolute atomic E-state index is 0. The highest BCUT2D eigenvalue weighted by molar-refractivity contribution is 5.85. The maximum atomic E-state index is 5.09. The normalized spacial score (nSPS) is 19.1. The number of ether oxygens (including phenoxy) is 1. The Hall–Kier alpha value is -0.880. The molecule has 0 saturated carbocycles. The van der Waals surface area contributed by atoms with Gasteiger partial charge in [0.15, 0.2) is 0 Å². The summed E-state index contributed by atoms with van der Waals surface area (Å²) < 4.78 is 5.09. The van der Waals surface area contributed by atoms with Gasteiger partial charge in [0.05, 0.1) is 6.61 Å². The topological polar surface area (TPSA) is 40.6 Å². The summed E-state index contributed by atoms with van der Waals surface area (Å²) in [5, 5.41) is 3.47. The molecule has 1 N–H and O–H groups in total. The molecule has 1 aliphatic rings. The van der Waals surface area contributed by atoms with Crippen molar-refractivity contribution >= 4 is 18.2 Å². The fraction of sp³-hybridized carbons (Fsp3) is 0.667. The van der Waals surface area contributed by atoms with Crippen LogP contribution in [-0.4, -0.2) is 62.9 Å². The van der Waals surface area contributed by atoms with E-state index in [9.17, 15) is 0 Å². The van der Waals surface area contributed by atoms with Crippen molar-refractivity contribution in [2.45, 2.75) is 19.5 Å². The maximum absolute atomic E-state index is 5.09. The van der Waals surface area contributed by atoms with Crippen LogP contribution in [0.5, 0.6) is 0 Å². The van der Waals surface area contributed by atoms with Crippen LogP contribution in [0.15, 0.2) is 18.3 Å². The lowest BCUT2D eigenvalue weighted by atomic mass is 10.2. The summed E-state index contributed by atoms with van der Waals surface area (Å²) in [6.07, 6.45) is 1.99. The van der Waals surface area contributed by atoms with Gasteiger partial charge in [-0.2, -0.15) is 0 Å². The molecular weight excluding hydrogens is 288 g/mol. The molecule has 1 saturated heterocycles. The van der Waals surface area contributed by atoms with E-state index in [1.165, 1.54) is 5.56 Å². The van der Waals surface area contributed by atoms with Crippen LogP contribution < -0.4 is 10.2 Å². The zero-order valence-corrected chi connectivity index (χ0v) is 14.0. The Kier molecular flexibility index (Phi) is 7.96. The minimum Gasteiger partial charge on any atom is -0.383 e. The van der Waals surface area contributed by atoms with Gasteiger partial charge in [-0.15, -0.1) is 12.4 Å². The molecule has 0 aliphatic carbocycles. The van der Waals surface area contributed by atoms with Crippen LogP contribution in [0.1, 0.15) is 12.5 Å². The van der Waals surface area contributed by atoms with Crippen LogP contribution in [0.3, 0.4) is 0 Å². The van der Waals surface area contributed by atoms with Crippen molar-refractivity contribution < 1.29 is 4.74 Å². The number of halogens is 1. The molecule has 0 spiro atoms. The highest BCUT2D eigenvalue weighted by Crippen LogP contribution is 2.12. The van der Waals surface area contributed by atoms with Crippen molar-refractivity contribution in [3.8, 4) is 0 Å². The SMILES string of the molecule is COCCN(C)c1ccc(CN2CCNC(C)C2)cn1.Cl. The molecule has 5 nitrogen and oxygen atoms in total. The van der Waals surface area contributed by atoms with Gasteiger partial charge in [-0.25, -0.2) is 4.98 Å². The van der Waals surface area contributed by atoms with E-state index in [2.05, 4.69) is 39.2 Å². The second-order valence-corrected chi connectivity index (χ2v) is 5.53. The Morgan fingerprint density at radius 1 is 1.48 bits per heavy atom. The Bertz CT molecular complexity index is 401. The number of nitrogens with zero attached hydrogens (tertiary/aromatic N) is 3. The van der Waals surface area contributed by atoms with Crippen molar-refractivity contribution in [3.05, 3.63) is 23.9 Å². The van der Waals surface area contributed by atoms with Gasteiger partial charge >= 0.3 is 0 Å². The fourth-order valence-corrected chi connectivity index (χ4v) is 2.49. The lowest BCUT2D eigenvalue weighted by Crippen LogP contribution is -2.48. The van der Waals surface area contributed by atoms with Crippen LogP contribution >= 0.6 is 12.4 Å². The molecule has 1 aliphatic heterocycles. The minimum atomic E-state index is 0. The Morgan fingerprint density at radius 3 is 2.90 bits per heavy atom. The predicted molar refractivity (Wildman–Crippen MR) is 89.4 cm³/mol. The number of anilines is 1. The van der Waals surface area contributed by atoms with Gasteiger partial charge in [-0.3, -0.25) is 4.90 Å². The lowest BCUT2D eigenvalue weighted by molar-refractivity contribution is 0.199. The molecule has 1 aromatic heterocycles. The van der Waals surface area contributed by atoms with E-state index >= 15 is 0 Å². The summed E-state index contributed by atoms with van der Waals surface area (Å²) in [4.78, 5) is 9.13. The fourth-order valence-electron chi connectivity index (χ4n) is 2.49. The quantitative estimate of drug-likeness (QED) is 0.859. The first-order valence-electron chi connectivity index (χ1n) is 7.30. The molecule has 0 aromatic carbocycles. The highest BCUT2D eigenvalue weighted by atomic mass is 35.5. The van der Waals surface area contributed by atoms with Gasteiger partial charge in [0.25, 0.3) is 0 Å². The van der Waals surface area contributed by atoms with E-state index in [1.807, 2.05) is 13.2 Å². The zero-order valence-electron chi connectivity index (χ0n) is 13.2. The number of aromatic nitrogens is 1. The van der Waals surface area contributed by atoms with Crippen LogP contribution in [0.4, 0.5) is 5.82 Å². The molecule has 1 atom stereocenters. The molecule has 21 heavy (non-hydrogen) atoms. The summed E-state index contributed by atoms with van der Waals surface area (Å²) >= 11 is 0. The van der Waals surface area contributed by atoms with Crippen LogP contribution in [-0.2, 0) is 11.3 Å². The van der Waals surface area contributed by atoms with Gasteiger partial charge in [0.2, 0.25) is 0 Å². The van der Waals surface area contributed by atoms with E-state index in [4.69, 9.17) is 4.74 Å². The first kappa shape index (κ1) is 18.2. The molecule has 0 bridgehead atoms. The third kappa shape index (κ3) is 5.79. The second kappa shape index (κ2) is 9.20. The van der Waals surface area contributed by atoms with Crippen LogP contribution in [0, 0.1) is 0 Å². The third-order valence-corrected chi connectivity index (χ3v) is 3.69. The Balaban J connectivity index is 0.00000220. The first-order valence-corrected chi connectivity index (χ1v) is 7.30. The maximum Gasteiger partial charge on any atom is 0.128 e. The summed E-state index contributed by atoms with van der Waals surface area (Å²) in [7, 11) is 3.76. The van der Waals surface area contributed by atoms with Gasteiger partial charge in [0, 0.05) is 59.1 Å². The molecule has 0 radical (unpaired) electrons. The number of rotatable bonds is 6. The number of hydrogen-bond acceptors (Lipinski definition) is 5. The van der Waals surface area contributed by atoms with E-state index in [0.29, 0.717) is 6.04 Å². The molecule has 1 fully saturated rings. The van der Waals surface area contributed by atoms with E-state index in [-0.39, 0.29) is 12.4 Å². The van der Waals surface area contributed by atoms with Gasteiger partial charge < -0.3 is 15.0 Å². The molecule has 2 rings (SSSR count). The van der Waals surface area contributed by atoms with Crippen molar-refractivity contribution in [3.63, 3.8) is 0 Å². The summed E-state index contributed by atoms with van der Waals surface area (Å²) in [6, 6.07) is 4.85. The average Bonchev–Trinajstić information content (AvgIpc) is 2.45. The Morgan fingerprint density at radius 2 is 2.29 bits per heavy atom. The first-order chi connectivity index (χ1) is 9.69. The second-order valence-electron chi connectivity index (χ2n) is 5.53. The number of pyridine rings is 1. The zero-order chi connectivity index (χ0) is 14.4. The molecule has 2 heterocycles. The number of methoxy groups -OCH3 is 1. The number of hydrogen-bond donors (Lipinski definition) is 1. The number of likely N-dealkylation sites (N-methyl/N-ethyl adjacent to an activating group) is 1. The van der Waals surface area contributed by atoms with E-state index in [0.717, 1.165) is 45.1 Å².